The van der Waals surface area contributed by atoms with Crippen molar-refractivity contribution in [3.05, 3.63) is 144 Å². The Bertz CT molecular complexity index is 1800. The maximum atomic E-state index is 12.5. The molecule has 0 radical (unpaired) electrons. The quantitative estimate of drug-likeness (QED) is 0.192. The van der Waals surface area contributed by atoms with Crippen molar-refractivity contribution >= 4 is 12.1 Å². The fraction of sp³-hybridized carbons (Fsp3) is 0.422. The summed E-state index contributed by atoms with van der Waals surface area (Å²) in [6.45, 7) is 7.81. The fourth-order valence-corrected chi connectivity index (χ4v) is 8.14. The van der Waals surface area contributed by atoms with Crippen molar-refractivity contribution in [2.45, 2.75) is 114 Å². The number of urea groups is 1. The third-order valence-electron chi connectivity index (χ3n) is 10.5. The maximum Gasteiger partial charge on any atom is 0.315 e. The molecule has 4 heterocycles. The van der Waals surface area contributed by atoms with Crippen LogP contribution in [0.1, 0.15) is 49.9 Å². The molecule has 4 aliphatic heterocycles. The molecule has 0 bridgehead atoms. The Kier molecular flexibility index (Phi) is 11.9. The van der Waals surface area contributed by atoms with Gasteiger partial charge in [-0.2, -0.15) is 0 Å². The van der Waals surface area contributed by atoms with Crippen LogP contribution in [0.25, 0.3) is 0 Å². The summed E-state index contributed by atoms with van der Waals surface area (Å²) in [5.74, 6) is -1.32. The normalized spacial score (nSPS) is 29.0. The minimum absolute atomic E-state index is 0.00801. The van der Waals surface area contributed by atoms with E-state index in [9.17, 15) is 4.79 Å². The van der Waals surface area contributed by atoms with E-state index in [2.05, 4.69) is 88.7 Å². The maximum absolute atomic E-state index is 12.5. The number of rotatable bonds is 8. The van der Waals surface area contributed by atoms with E-state index in [1.54, 1.807) is 7.11 Å². The number of hydrogen-bond donors (Lipinski definition) is 3. The molecule has 0 saturated carbocycles. The Morgan fingerprint density at radius 1 is 0.509 bits per heavy atom. The van der Waals surface area contributed by atoms with Crippen LogP contribution >= 0.6 is 0 Å². The molecule has 4 unspecified atom stereocenters. The van der Waals surface area contributed by atoms with Crippen LogP contribution in [0, 0.1) is 0 Å². The molecule has 55 heavy (non-hydrogen) atoms. The van der Waals surface area contributed by atoms with Gasteiger partial charge in [-0.3, -0.25) is 0 Å². The number of benzene rings is 4. The molecule has 0 aromatic heterocycles. The standard InChI is InChI=1S/C23H28N2O3.C22H26N2O3/c1-23(2)27-20-18(14-16-10-6-4-7-11-16)24-22(26-3)25-19(21(20)28-23)15-17-12-8-5-9-13-17;1-22(2)26-19-17(13-15-9-5-3-6-10-15)23-21(25)24-18(20(19)27-22)14-16-11-7-4-8-12-16/h4-13,18-21H,14-15H2,1-3H3,(H,24,25);3-12,17-20H,13-14H2,1-2H3,(H2,23,24,25)/t18-,19-,20?,21?;17-,18-,19?,20?/m11/s1. The van der Waals surface area contributed by atoms with Gasteiger partial charge in [-0.1, -0.05) is 121 Å². The minimum atomic E-state index is -0.678. The van der Waals surface area contributed by atoms with Crippen molar-refractivity contribution < 1.29 is 28.5 Å². The third kappa shape index (κ3) is 9.93. The first-order valence-corrected chi connectivity index (χ1v) is 19.4. The molecular formula is C45H54N4O6. The van der Waals surface area contributed by atoms with Crippen LogP contribution in [0.3, 0.4) is 0 Å². The van der Waals surface area contributed by atoms with Crippen LogP contribution in [0.4, 0.5) is 4.79 Å². The molecule has 4 aliphatic rings. The Morgan fingerprint density at radius 3 is 1.22 bits per heavy atom. The van der Waals surface area contributed by atoms with Crippen molar-refractivity contribution in [2.24, 2.45) is 4.99 Å². The molecule has 8 atom stereocenters. The number of fused-ring (bicyclic) bond motifs is 2. The Morgan fingerprint density at radius 2 is 0.836 bits per heavy atom. The zero-order valence-corrected chi connectivity index (χ0v) is 32.4. The van der Waals surface area contributed by atoms with E-state index in [0.29, 0.717) is 18.9 Å². The fourth-order valence-electron chi connectivity index (χ4n) is 8.14. The molecule has 3 N–H and O–H groups in total. The topological polar surface area (TPSA) is 112 Å². The first-order chi connectivity index (χ1) is 26.5. The number of methoxy groups -OCH3 is 1. The highest BCUT2D eigenvalue weighted by Crippen LogP contribution is 2.37. The van der Waals surface area contributed by atoms with Crippen LogP contribution in [0.2, 0.25) is 0 Å². The molecule has 8 rings (SSSR count). The molecule has 3 fully saturated rings. The van der Waals surface area contributed by atoms with Crippen LogP contribution in [-0.4, -0.2) is 79.3 Å². The van der Waals surface area contributed by atoms with Gasteiger partial charge in [0, 0.05) is 0 Å². The highest BCUT2D eigenvalue weighted by Gasteiger charge is 2.52. The second kappa shape index (κ2) is 17.0. The number of nitrogens with one attached hydrogen (secondary N) is 3. The average molecular weight is 747 g/mol. The summed E-state index contributed by atoms with van der Waals surface area (Å²) in [4.78, 5) is 17.4. The van der Waals surface area contributed by atoms with E-state index in [0.717, 1.165) is 24.0 Å². The van der Waals surface area contributed by atoms with Gasteiger partial charge >= 0.3 is 6.03 Å². The molecule has 4 aromatic carbocycles. The summed E-state index contributed by atoms with van der Waals surface area (Å²) in [6, 6.07) is 41.1. The van der Waals surface area contributed by atoms with Gasteiger partial charge in [0.15, 0.2) is 11.6 Å². The van der Waals surface area contributed by atoms with Gasteiger partial charge in [0.1, 0.15) is 24.4 Å². The molecule has 10 heteroatoms. The van der Waals surface area contributed by atoms with Gasteiger partial charge in [-0.15, -0.1) is 0 Å². The van der Waals surface area contributed by atoms with Crippen LogP contribution in [0.15, 0.2) is 126 Å². The summed E-state index contributed by atoms with van der Waals surface area (Å²) in [7, 11) is 1.65. The van der Waals surface area contributed by atoms with Crippen molar-refractivity contribution in [3.8, 4) is 0 Å². The minimum Gasteiger partial charge on any atom is -0.469 e. The molecule has 10 nitrogen and oxygen atoms in total. The summed E-state index contributed by atoms with van der Waals surface area (Å²) >= 11 is 0. The number of amides is 2. The highest BCUT2D eigenvalue weighted by molar-refractivity contribution is 5.75. The number of ether oxygens (including phenoxy) is 5. The second-order valence-electron chi connectivity index (χ2n) is 15.7. The second-order valence-corrected chi connectivity index (χ2v) is 15.7. The number of hydrogen-bond acceptors (Lipinski definition) is 8. The lowest BCUT2D eigenvalue weighted by Gasteiger charge is -2.27. The summed E-state index contributed by atoms with van der Waals surface area (Å²) in [6.07, 6.45) is 2.28. The molecule has 0 aliphatic carbocycles. The number of nitrogens with zero attached hydrogens (tertiary/aromatic N) is 1. The lowest BCUT2D eigenvalue weighted by atomic mass is 9.92. The third-order valence-corrected chi connectivity index (χ3v) is 10.5. The van der Waals surface area contributed by atoms with Gasteiger partial charge in [-0.05, 0) is 75.6 Å². The lowest BCUT2D eigenvalue weighted by molar-refractivity contribution is -0.151. The van der Waals surface area contributed by atoms with Crippen LogP contribution in [0.5, 0.6) is 0 Å². The van der Waals surface area contributed by atoms with E-state index in [-0.39, 0.29) is 54.6 Å². The molecule has 3 saturated heterocycles. The van der Waals surface area contributed by atoms with Gasteiger partial charge in [-0.25, -0.2) is 9.79 Å². The van der Waals surface area contributed by atoms with E-state index < -0.39 is 11.6 Å². The average Bonchev–Trinajstić information content (AvgIpc) is 3.62. The number of carbonyl (C=O) groups excluding carboxylic acids is 1. The van der Waals surface area contributed by atoms with Gasteiger partial charge < -0.3 is 39.6 Å². The summed E-state index contributed by atoms with van der Waals surface area (Å²) in [5.41, 5.74) is 4.79. The lowest BCUT2D eigenvalue weighted by Crippen LogP contribution is -2.48. The predicted molar refractivity (Wildman–Crippen MR) is 213 cm³/mol. The highest BCUT2D eigenvalue weighted by atomic mass is 16.8. The SMILES string of the molecule is CC1(C)OC2C(O1)[C@@H](Cc1ccccc1)NC(=O)N[C@@H]2Cc1ccccc1.COC1=N[C@H](Cc2ccccc2)C2OC(C)(C)OC2[C@@H](Cc2ccccc2)N1. The zero-order chi connectivity index (χ0) is 38.4. The Labute approximate surface area is 325 Å². The monoisotopic (exact) mass is 746 g/mol. The van der Waals surface area contributed by atoms with Crippen molar-refractivity contribution in [2.75, 3.05) is 7.11 Å². The Hall–Kier alpha value is -4.74. The molecule has 4 aromatic rings. The molecule has 0 spiro atoms. The van der Waals surface area contributed by atoms with Gasteiger partial charge in [0.25, 0.3) is 6.02 Å². The van der Waals surface area contributed by atoms with Crippen molar-refractivity contribution in [1.29, 1.82) is 0 Å². The van der Waals surface area contributed by atoms with Crippen LogP contribution < -0.4 is 16.0 Å². The van der Waals surface area contributed by atoms with Crippen molar-refractivity contribution in [3.63, 3.8) is 0 Å². The van der Waals surface area contributed by atoms with E-state index in [1.165, 1.54) is 11.1 Å². The summed E-state index contributed by atoms with van der Waals surface area (Å²) in [5, 5.41) is 9.66. The number of aliphatic imine (C=N–C) groups is 1. The van der Waals surface area contributed by atoms with E-state index in [4.69, 9.17) is 28.7 Å². The summed E-state index contributed by atoms with van der Waals surface area (Å²) < 4.78 is 30.8. The Balaban J connectivity index is 0.000000169. The van der Waals surface area contributed by atoms with Crippen LogP contribution in [-0.2, 0) is 49.4 Å². The van der Waals surface area contributed by atoms with Crippen molar-refractivity contribution in [1.82, 2.24) is 16.0 Å². The van der Waals surface area contributed by atoms with Gasteiger partial charge in [0.2, 0.25) is 0 Å². The van der Waals surface area contributed by atoms with Gasteiger partial charge in [0.05, 0.1) is 31.3 Å². The number of amidine groups is 1. The zero-order valence-electron chi connectivity index (χ0n) is 32.4. The predicted octanol–water partition coefficient (Wildman–Crippen LogP) is 6.38. The first kappa shape index (κ1) is 38.5. The molecular weight excluding hydrogens is 693 g/mol. The largest absolute Gasteiger partial charge is 0.469 e. The molecule has 2 amide bonds. The van der Waals surface area contributed by atoms with E-state index >= 15 is 0 Å². The van der Waals surface area contributed by atoms with E-state index in [1.807, 2.05) is 76.2 Å². The smallest absolute Gasteiger partial charge is 0.315 e. The molecule has 290 valence electrons. The number of carbonyl (C=O) groups is 1. The first-order valence-electron chi connectivity index (χ1n) is 19.4.